The summed E-state index contributed by atoms with van der Waals surface area (Å²) in [6, 6.07) is 7.14. The molecule has 10 heteroatoms. The standard InChI is InChI=1S/C23H26F3NO5S/c1-21(2,3)15-8-7-9-16(22(4,5)6)20(15)32-19(28)13-33(31)18-11-10-14(23(24,25)26)12-17(18)27(29)30/h7-12H,13H2,1-6H3. The van der Waals surface area contributed by atoms with Crippen molar-refractivity contribution in [2.24, 2.45) is 0 Å². The third-order valence-corrected chi connectivity index (χ3v) is 6.16. The number of carbonyl (C=O) groups is 1. The van der Waals surface area contributed by atoms with Crippen LogP contribution in [0.2, 0.25) is 0 Å². The smallest absolute Gasteiger partial charge is 0.416 e. The molecular weight excluding hydrogens is 459 g/mol. The van der Waals surface area contributed by atoms with Gasteiger partial charge in [-0.2, -0.15) is 13.2 Å². The number of nitro benzene ring substituents is 1. The van der Waals surface area contributed by atoms with E-state index in [2.05, 4.69) is 0 Å². The highest BCUT2D eigenvalue weighted by Gasteiger charge is 2.34. The molecule has 0 aliphatic heterocycles. The molecule has 33 heavy (non-hydrogen) atoms. The summed E-state index contributed by atoms with van der Waals surface area (Å²) in [7, 11) is -2.29. The molecule has 0 N–H and O–H groups in total. The first-order chi connectivity index (χ1) is 14.9. The third-order valence-electron chi connectivity index (χ3n) is 4.82. The summed E-state index contributed by atoms with van der Waals surface area (Å²) in [5, 5.41) is 11.3. The van der Waals surface area contributed by atoms with Crippen LogP contribution in [-0.2, 0) is 32.6 Å². The number of alkyl halides is 3. The number of rotatable bonds is 5. The molecule has 0 radical (unpaired) electrons. The van der Waals surface area contributed by atoms with Crippen molar-refractivity contribution in [1.82, 2.24) is 0 Å². The van der Waals surface area contributed by atoms with Gasteiger partial charge in [0.1, 0.15) is 16.4 Å². The summed E-state index contributed by atoms with van der Waals surface area (Å²) in [6.45, 7) is 11.6. The molecule has 0 aliphatic rings. The van der Waals surface area contributed by atoms with Crippen LogP contribution in [0.15, 0.2) is 41.3 Å². The summed E-state index contributed by atoms with van der Waals surface area (Å²) < 4.78 is 57.1. The summed E-state index contributed by atoms with van der Waals surface area (Å²) in [4.78, 5) is 22.4. The van der Waals surface area contributed by atoms with Crippen molar-refractivity contribution < 1.29 is 31.8 Å². The van der Waals surface area contributed by atoms with Crippen LogP contribution in [0, 0.1) is 10.1 Å². The van der Waals surface area contributed by atoms with Crippen molar-refractivity contribution in [2.45, 2.75) is 63.4 Å². The van der Waals surface area contributed by atoms with Gasteiger partial charge in [-0.25, -0.2) is 0 Å². The van der Waals surface area contributed by atoms with Crippen molar-refractivity contribution >= 4 is 22.5 Å². The minimum absolute atomic E-state index is 0.311. The number of halogens is 3. The normalized spacial score (nSPS) is 13.5. The van der Waals surface area contributed by atoms with Gasteiger partial charge in [-0.3, -0.25) is 19.1 Å². The minimum Gasteiger partial charge on any atom is -0.425 e. The zero-order chi connectivity index (χ0) is 25.4. The van der Waals surface area contributed by atoms with Crippen LogP contribution in [0.4, 0.5) is 18.9 Å². The zero-order valence-electron chi connectivity index (χ0n) is 19.2. The first kappa shape index (κ1) is 26.5. The number of benzene rings is 2. The molecule has 0 spiro atoms. The van der Waals surface area contributed by atoms with Gasteiger partial charge >= 0.3 is 12.1 Å². The number of ether oxygens (including phenoxy) is 1. The van der Waals surface area contributed by atoms with Crippen LogP contribution < -0.4 is 4.74 Å². The number of hydrogen-bond donors (Lipinski definition) is 0. The van der Waals surface area contributed by atoms with Crippen molar-refractivity contribution in [3.8, 4) is 5.75 Å². The number of para-hydroxylation sites is 1. The molecule has 0 aliphatic carbocycles. The molecule has 6 nitrogen and oxygen atoms in total. The Hall–Kier alpha value is -2.75. The van der Waals surface area contributed by atoms with Gasteiger partial charge in [0, 0.05) is 17.2 Å². The molecule has 1 unspecified atom stereocenters. The van der Waals surface area contributed by atoms with E-state index in [0.717, 1.165) is 17.2 Å². The van der Waals surface area contributed by atoms with E-state index < -0.39 is 49.8 Å². The Morgan fingerprint density at radius 1 is 1.00 bits per heavy atom. The highest BCUT2D eigenvalue weighted by Crippen LogP contribution is 2.40. The SMILES string of the molecule is CC(C)(C)c1cccc(C(C)(C)C)c1OC(=O)CS(=O)c1ccc(C(F)(F)F)cc1[N+](=O)[O-]. The molecule has 1 atom stereocenters. The fourth-order valence-electron chi connectivity index (χ4n) is 3.19. The lowest BCUT2D eigenvalue weighted by Gasteiger charge is -2.28. The van der Waals surface area contributed by atoms with Crippen LogP contribution in [0.1, 0.15) is 58.2 Å². The molecule has 180 valence electrons. The van der Waals surface area contributed by atoms with Crippen LogP contribution in [0.3, 0.4) is 0 Å². The number of nitrogens with zero attached hydrogens (tertiary/aromatic N) is 1. The van der Waals surface area contributed by atoms with E-state index >= 15 is 0 Å². The molecule has 0 saturated heterocycles. The maximum absolute atomic E-state index is 12.9. The topological polar surface area (TPSA) is 86.5 Å². The summed E-state index contributed by atoms with van der Waals surface area (Å²) in [6.07, 6.45) is -4.80. The van der Waals surface area contributed by atoms with E-state index in [9.17, 15) is 32.3 Å². The Balaban J connectivity index is 2.40. The van der Waals surface area contributed by atoms with E-state index in [1.54, 1.807) is 0 Å². The van der Waals surface area contributed by atoms with Gasteiger partial charge in [0.2, 0.25) is 0 Å². The predicted molar refractivity (Wildman–Crippen MR) is 119 cm³/mol. The Bertz CT molecular complexity index is 1070. The molecule has 2 aromatic carbocycles. The van der Waals surface area contributed by atoms with Crippen LogP contribution in [0.25, 0.3) is 0 Å². The monoisotopic (exact) mass is 485 g/mol. The van der Waals surface area contributed by atoms with Gasteiger partial charge in [-0.1, -0.05) is 59.7 Å². The van der Waals surface area contributed by atoms with Gasteiger partial charge < -0.3 is 4.74 Å². The van der Waals surface area contributed by atoms with E-state index in [1.165, 1.54) is 0 Å². The zero-order valence-corrected chi connectivity index (χ0v) is 20.0. The Morgan fingerprint density at radius 3 is 1.94 bits per heavy atom. The number of nitro groups is 1. The van der Waals surface area contributed by atoms with Crippen LogP contribution in [-0.4, -0.2) is 20.9 Å². The average molecular weight is 486 g/mol. The van der Waals surface area contributed by atoms with Crippen molar-refractivity contribution in [3.63, 3.8) is 0 Å². The van der Waals surface area contributed by atoms with Crippen LogP contribution >= 0.6 is 0 Å². The van der Waals surface area contributed by atoms with Crippen molar-refractivity contribution in [2.75, 3.05) is 5.75 Å². The first-order valence-corrected chi connectivity index (χ1v) is 11.3. The molecule has 2 aromatic rings. The first-order valence-electron chi connectivity index (χ1n) is 10.0. The van der Waals surface area contributed by atoms with Crippen molar-refractivity contribution in [3.05, 3.63) is 63.2 Å². The quantitative estimate of drug-likeness (QED) is 0.227. The molecular formula is C23H26F3NO5S. The molecule has 0 bridgehead atoms. The van der Waals surface area contributed by atoms with E-state index in [0.29, 0.717) is 17.9 Å². The molecule has 2 rings (SSSR count). The number of hydrogen-bond acceptors (Lipinski definition) is 5. The van der Waals surface area contributed by atoms with Gasteiger partial charge in [-0.05, 0) is 23.0 Å². The maximum Gasteiger partial charge on any atom is 0.416 e. The van der Waals surface area contributed by atoms with Crippen molar-refractivity contribution in [1.29, 1.82) is 0 Å². The summed E-state index contributed by atoms with van der Waals surface area (Å²) >= 11 is 0. The second kappa shape index (κ2) is 9.24. The lowest BCUT2D eigenvalue weighted by Crippen LogP contribution is -2.24. The van der Waals surface area contributed by atoms with Gasteiger partial charge in [0.05, 0.1) is 21.3 Å². The second-order valence-corrected chi connectivity index (χ2v) is 11.0. The average Bonchev–Trinajstić information content (AvgIpc) is 2.64. The fourth-order valence-corrected chi connectivity index (χ4v) is 4.20. The molecule has 0 aromatic heterocycles. The lowest BCUT2D eigenvalue weighted by molar-refractivity contribution is -0.388. The number of carbonyl (C=O) groups excluding carboxylic acids is 1. The predicted octanol–water partition coefficient (Wildman–Crippen LogP) is 5.92. The largest absolute Gasteiger partial charge is 0.425 e. The number of esters is 1. The summed E-state index contributed by atoms with van der Waals surface area (Å²) in [5.41, 5.74) is -1.50. The Labute approximate surface area is 192 Å². The molecule has 0 saturated carbocycles. The lowest BCUT2D eigenvalue weighted by atomic mass is 9.79. The van der Waals surface area contributed by atoms with Gasteiger partial charge in [-0.15, -0.1) is 0 Å². The third kappa shape index (κ3) is 6.40. The molecule has 0 fully saturated rings. The fraction of sp³-hybridized carbons (Fsp3) is 0.435. The Morgan fingerprint density at radius 2 is 1.52 bits per heavy atom. The van der Waals surface area contributed by atoms with Gasteiger partial charge in [0.25, 0.3) is 5.69 Å². The van der Waals surface area contributed by atoms with E-state index in [4.69, 9.17) is 4.74 Å². The van der Waals surface area contributed by atoms with E-state index in [1.807, 2.05) is 59.7 Å². The van der Waals surface area contributed by atoms with Crippen LogP contribution in [0.5, 0.6) is 5.75 Å². The highest BCUT2D eigenvalue weighted by molar-refractivity contribution is 7.85. The summed E-state index contributed by atoms with van der Waals surface area (Å²) in [5.74, 6) is -1.35. The maximum atomic E-state index is 12.9. The van der Waals surface area contributed by atoms with Gasteiger partial charge in [0.15, 0.2) is 0 Å². The highest BCUT2D eigenvalue weighted by atomic mass is 32.2. The minimum atomic E-state index is -4.80. The second-order valence-electron chi connectivity index (χ2n) is 9.58. The molecule has 0 heterocycles. The molecule has 0 amide bonds. The van der Waals surface area contributed by atoms with E-state index in [-0.39, 0.29) is 10.8 Å². The Kier molecular flexibility index (Phi) is 7.42.